The molecule has 0 radical (unpaired) electrons. The van der Waals surface area contributed by atoms with Gasteiger partial charge in [-0.2, -0.15) is 4.31 Å². The van der Waals surface area contributed by atoms with Gasteiger partial charge in [0.05, 0.1) is 10.9 Å². The minimum absolute atomic E-state index is 0. The second-order valence-corrected chi connectivity index (χ2v) is 8.50. The number of nitrogens with one attached hydrogen (secondary N) is 1. The normalized spacial score (nSPS) is 18.7. The highest BCUT2D eigenvalue weighted by atomic mass is 35.5. The molecule has 0 aliphatic carbocycles. The van der Waals surface area contributed by atoms with Gasteiger partial charge in [-0.15, -0.1) is 12.4 Å². The molecule has 1 unspecified atom stereocenters. The van der Waals surface area contributed by atoms with Gasteiger partial charge in [0.25, 0.3) is 0 Å². The van der Waals surface area contributed by atoms with Gasteiger partial charge in [0.1, 0.15) is 5.82 Å². The van der Waals surface area contributed by atoms with Gasteiger partial charge in [0.15, 0.2) is 0 Å². The summed E-state index contributed by atoms with van der Waals surface area (Å²) >= 11 is 0. The van der Waals surface area contributed by atoms with Crippen molar-refractivity contribution in [3.63, 3.8) is 0 Å². The lowest BCUT2D eigenvalue weighted by molar-refractivity contribution is 0.258. The predicted molar refractivity (Wildman–Crippen MR) is 104 cm³/mol. The first-order valence-corrected chi connectivity index (χ1v) is 9.77. The minimum Gasteiger partial charge on any atom is -0.337 e. The average molecular weight is 400 g/mol. The van der Waals surface area contributed by atoms with Crippen LogP contribution >= 0.6 is 12.4 Å². The van der Waals surface area contributed by atoms with Gasteiger partial charge in [-0.1, -0.05) is 12.1 Å². The second kappa shape index (κ2) is 8.49. The van der Waals surface area contributed by atoms with E-state index in [4.69, 9.17) is 0 Å². The SMILES string of the molecule is CN(C)Cc1ccc(S(=O)(=O)N2CCNCC2c2nccn2C)cc1.Cl. The summed E-state index contributed by atoms with van der Waals surface area (Å²) in [5, 5.41) is 3.27. The Morgan fingerprint density at radius 1 is 1.27 bits per heavy atom. The van der Waals surface area contributed by atoms with E-state index in [-0.39, 0.29) is 18.4 Å². The third kappa shape index (κ3) is 4.27. The van der Waals surface area contributed by atoms with E-state index >= 15 is 0 Å². The van der Waals surface area contributed by atoms with Crippen LogP contribution in [0.5, 0.6) is 0 Å². The molecule has 0 spiro atoms. The van der Waals surface area contributed by atoms with Gasteiger partial charge in [-0.3, -0.25) is 0 Å². The van der Waals surface area contributed by atoms with E-state index in [2.05, 4.69) is 15.2 Å². The fourth-order valence-electron chi connectivity index (χ4n) is 3.16. The Bertz CT molecular complexity index is 820. The molecule has 1 aliphatic heterocycles. The van der Waals surface area contributed by atoms with Crippen LogP contribution in [0, 0.1) is 0 Å². The molecule has 1 aliphatic rings. The summed E-state index contributed by atoms with van der Waals surface area (Å²) < 4.78 is 29.8. The topological polar surface area (TPSA) is 70.5 Å². The van der Waals surface area contributed by atoms with E-state index < -0.39 is 10.0 Å². The first-order chi connectivity index (χ1) is 11.9. The summed E-state index contributed by atoms with van der Waals surface area (Å²) in [6.45, 7) is 2.41. The third-order valence-corrected chi connectivity index (χ3v) is 6.30. The fourth-order valence-corrected chi connectivity index (χ4v) is 4.75. The molecule has 2 aromatic rings. The molecular weight excluding hydrogens is 374 g/mol. The van der Waals surface area contributed by atoms with Crippen molar-refractivity contribution in [3.05, 3.63) is 48.0 Å². The van der Waals surface area contributed by atoms with Crippen molar-refractivity contribution >= 4 is 22.4 Å². The van der Waals surface area contributed by atoms with Crippen LogP contribution in [-0.4, -0.2) is 60.9 Å². The monoisotopic (exact) mass is 399 g/mol. The molecule has 144 valence electrons. The number of imidazole rings is 1. The summed E-state index contributed by atoms with van der Waals surface area (Å²) in [6, 6.07) is 6.85. The van der Waals surface area contributed by atoms with Crippen molar-refractivity contribution in [2.45, 2.75) is 17.5 Å². The molecule has 9 heteroatoms. The van der Waals surface area contributed by atoms with Crippen molar-refractivity contribution in [2.24, 2.45) is 7.05 Å². The number of nitrogens with zero attached hydrogens (tertiary/aromatic N) is 4. The molecule has 0 amide bonds. The van der Waals surface area contributed by atoms with Gasteiger partial charge in [0.2, 0.25) is 10.0 Å². The lowest BCUT2D eigenvalue weighted by Gasteiger charge is -2.34. The highest BCUT2D eigenvalue weighted by molar-refractivity contribution is 7.89. The largest absolute Gasteiger partial charge is 0.337 e. The van der Waals surface area contributed by atoms with Gasteiger partial charge < -0.3 is 14.8 Å². The number of halogens is 1. The van der Waals surface area contributed by atoms with Crippen LogP contribution in [0.2, 0.25) is 0 Å². The Kier molecular flexibility index (Phi) is 6.81. The summed E-state index contributed by atoms with van der Waals surface area (Å²) in [7, 11) is 2.29. The van der Waals surface area contributed by atoms with E-state index in [1.165, 1.54) is 0 Å². The van der Waals surface area contributed by atoms with Crippen molar-refractivity contribution in [2.75, 3.05) is 33.7 Å². The predicted octanol–water partition coefficient (Wildman–Crippen LogP) is 1.24. The molecule has 1 fully saturated rings. The second-order valence-electron chi connectivity index (χ2n) is 6.61. The first-order valence-electron chi connectivity index (χ1n) is 8.33. The van der Waals surface area contributed by atoms with Crippen LogP contribution in [0.15, 0.2) is 41.6 Å². The summed E-state index contributed by atoms with van der Waals surface area (Å²) in [6.07, 6.45) is 3.54. The molecule has 0 saturated carbocycles. The highest BCUT2D eigenvalue weighted by Gasteiger charge is 2.36. The number of aryl methyl sites for hydroxylation is 1. The van der Waals surface area contributed by atoms with E-state index in [1.54, 1.807) is 22.6 Å². The van der Waals surface area contributed by atoms with Crippen LogP contribution < -0.4 is 5.32 Å². The Labute approximate surface area is 161 Å². The van der Waals surface area contributed by atoms with Gasteiger partial charge in [-0.05, 0) is 31.8 Å². The van der Waals surface area contributed by atoms with Crippen molar-refractivity contribution < 1.29 is 8.42 Å². The number of hydrogen-bond acceptors (Lipinski definition) is 5. The maximum Gasteiger partial charge on any atom is 0.243 e. The zero-order chi connectivity index (χ0) is 18.0. The lowest BCUT2D eigenvalue weighted by atomic mass is 10.2. The number of rotatable bonds is 5. The van der Waals surface area contributed by atoms with E-state index in [0.717, 1.165) is 17.9 Å². The number of sulfonamides is 1. The van der Waals surface area contributed by atoms with Gasteiger partial charge in [-0.25, -0.2) is 13.4 Å². The molecule has 1 atom stereocenters. The van der Waals surface area contributed by atoms with Gasteiger partial charge >= 0.3 is 0 Å². The summed E-state index contributed by atoms with van der Waals surface area (Å²) in [5.74, 6) is 0.750. The standard InChI is InChI=1S/C17H25N5O2S.ClH/c1-20(2)13-14-4-6-15(7-5-14)25(23,24)22-11-8-18-12-16(22)17-19-9-10-21(17)3;/h4-7,9-10,16,18H,8,11-13H2,1-3H3;1H. The van der Waals surface area contributed by atoms with Crippen LogP contribution in [0.3, 0.4) is 0 Å². The molecule has 7 nitrogen and oxygen atoms in total. The van der Waals surface area contributed by atoms with Crippen molar-refractivity contribution in [1.82, 2.24) is 24.1 Å². The zero-order valence-corrected chi connectivity index (χ0v) is 16.9. The van der Waals surface area contributed by atoms with Crippen LogP contribution in [0.25, 0.3) is 0 Å². The van der Waals surface area contributed by atoms with Crippen LogP contribution in [-0.2, 0) is 23.6 Å². The Balaban J connectivity index is 0.00000243. The third-order valence-electron chi connectivity index (χ3n) is 4.38. The molecule has 3 rings (SSSR count). The zero-order valence-electron chi connectivity index (χ0n) is 15.3. The molecule has 1 aromatic heterocycles. The van der Waals surface area contributed by atoms with E-state index in [9.17, 15) is 8.42 Å². The number of aromatic nitrogens is 2. The van der Waals surface area contributed by atoms with Crippen LogP contribution in [0.1, 0.15) is 17.4 Å². The Morgan fingerprint density at radius 3 is 2.54 bits per heavy atom. The number of benzene rings is 1. The lowest BCUT2D eigenvalue weighted by Crippen LogP contribution is -2.49. The molecule has 26 heavy (non-hydrogen) atoms. The van der Waals surface area contributed by atoms with Crippen molar-refractivity contribution in [1.29, 1.82) is 0 Å². The summed E-state index contributed by atoms with van der Waals surface area (Å²) in [5.41, 5.74) is 1.09. The molecule has 1 N–H and O–H groups in total. The summed E-state index contributed by atoms with van der Waals surface area (Å²) in [4.78, 5) is 6.74. The number of hydrogen-bond donors (Lipinski definition) is 1. The average Bonchev–Trinajstić information content (AvgIpc) is 3.01. The highest BCUT2D eigenvalue weighted by Crippen LogP contribution is 2.28. The Hall–Kier alpha value is -1.45. The molecule has 2 heterocycles. The Morgan fingerprint density at radius 2 is 1.96 bits per heavy atom. The van der Waals surface area contributed by atoms with Gasteiger partial charge in [0, 0.05) is 45.6 Å². The van der Waals surface area contributed by atoms with Crippen LogP contribution in [0.4, 0.5) is 0 Å². The molecular formula is C17H26ClN5O2S. The molecule has 0 bridgehead atoms. The minimum atomic E-state index is -3.57. The maximum atomic E-state index is 13.2. The number of piperazine rings is 1. The molecule has 1 aromatic carbocycles. The fraction of sp³-hybridized carbons (Fsp3) is 0.471. The van der Waals surface area contributed by atoms with E-state index in [0.29, 0.717) is 24.5 Å². The van der Waals surface area contributed by atoms with Crippen molar-refractivity contribution in [3.8, 4) is 0 Å². The first kappa shape index (κ1) is 20.9. The maximum absolute atomic E-state index is 13.2. The smallest absolute Gasteiger partial charge is 0.243 e. The molecule has 1 saturated heterocycles. The quantitative estimate of drug-likeness (QED) is 0.819. The van der Waals surface area contributed by atoms with E-state index in [1.807, 2.05) is 44.0 Å².